The molecule has 1 rings (SSSR count). The van der Waals surface area contributed by atoms with Crippen LogP contribution in [0.5, 0.6) is 0 Å². The van der Waals surface area contributed by atoms with Gasteiger partial charge in [0.2, 0.25) is 0 Å². The highest BCUT2D eigenvalue weighted by atomic mass is 16.1. The van der Waals surface area contributed by atoms with Crippen molar-refractivity contribution in [1.29, 1.82) is 0 Å². The molecule has 1 saturated heterocycles. The molecule has 1 atom stereocenters. The molecule has 1 aliphatic rings. The molecule has 0 aromatic carbocycles. The minimum absolute atomic E-state index is 0.00602. The van der Waals surface area contributed by atoms with E-state index in [1.54, 1.807) is 6.92 Å². The number of nitrogens with one attached hydrogen (secondary N) is 1. The third-order valence-corrected chi connectivity index (χ3v) is 2.73. The fourth-order valence-corrected chi connectivity index (χ4v) is 1.62. The number of rotatable bonds is 1. The lowest BCUT2D eigenvalue weighted by Crippen LogP contribution is -2.44. The molecule has 0 aromatic rings. The minimum Gasteiger partial charge on any atom is -0.305 e. The number of likely N-dealkylation sites (N-methyl/N-ethyl adjacent to an activating group) is 2. The van der Waals surface area contributed by atoms with Crippen molar-refractivity contribution in [1.82, 2.24) is 15.1 Å². The second kappa shape index (κ2) is 5.44. The number of nitrogens with zero attached hydrogens (tertiary/aromatic N) is 2. The summed E-state index contributed by atoms with van der Waals surface area (Å²) < 4.78 is 0. The maximum Gasteiger partial charge on any atom is 0.147 e. The van der Waals surface area contributed by atoms with E-state index in [1.807, 2.05) is 0 Å². The highest BCUT2D eigenvalue weighted by molar-refractivity contribution is 5.81. The number of carbonyl (C=O) groups excluding carboxylic acids is 1. The van der Waals surface area contributed by atoms with Crippen LogP contribution in [0.2, 0.25) is 0 Å². The average Bonchev–Trinajstić information content (AvgIpc) is 2.19. The number of hydrogen-bond acceptors (Lipinski definition) is 4. The molecule has 0 aliphatic carbocycles. The van der Waals surface area contributed by atoms with Crippen molar-refractivity contribution in [2.45, 2.75) is 13.0 Å². The Kier molecular flexibility index (Phi) is 4.51. The largest absolute Gasteiger partial charge is 0.305 e. The predicted molar refractivity (Wildman–Crippen MR) is 57.5 cm³/mol. The average molecular weight is 199 g/mol. The van der Waals surface area contributed by atoms with E-state index < -0.39 is 0 Å². The molecule has 0 radical (unpaired) electrons. The summed E-state index contributed by atoms with van der Waals surface area (Å²) in [6.07, 6.45) is 0. The molecular formula is C10H21N3O. The van der Waals surface area contributed by atoms with Gasteiger partial charge in [-0.05, 0) is 21.0 Å². The first-order valence-corrected chi connectivity index (χ1v) is 5.20. The van der Waals surface area contributed by atoms with Gasteiger partial charge in [-0.2, -0.15) is 0 Å². The van der Waals surface area contributed by atoms with Crippen molar-refractivity contribution in [3.63, 3.8) is 0 Å². The van der Waals surface area contributed by atoms with Crippen molar-refractivity contribution in [3.8, 4) is 0 Å². The zero-order valence-corrected chi connectivity index (χ0v) is 9.42. The van der Waals surface area contributed by atoms with Gasteiger partial charge in [0.25, 0.3) is 0 Å². The topological polar surface area (TPSA) is 35.6 Å². The van der Waals surface area contributed by atoms with Gasteiger partial charge in [-0.15, -0.1) is 0 Å². The molecule has 1 aliphatic heterocycles. The minimum atomic E-state index is 0.00602. The Morgan fingerprint density at radius 2 is 1.86 bits per heavy atom. The molecule has 1 heterocycles. The Morgan fingerprint density at radius 3 is 2.50 bits per heavy atom. The Balaban J connectivity index is 2.51. The molecule has 4 heteroatoms. The zero-order chi connectivity index (χ0) is 10.6. The summed E-state index contributed by atoms with van der Waals surface area (Å²) in [6, 6.07) is 0.00602. The van der Waals surface area contributed by atoms with Crippen LogP contribution in [0.1, 0.15) is 6.92 Å². The lowest BCUT2D eigenvalue weighted by molar-refractivity contribution is -0.119. The standard InChI is InChI=1S/C10H21N3O/c1-9(14)10-8-13(3)7-6-12(2)5-4-11-10/h10-11H,4-8H2,1-3H3. The van der Waals surface area contributed by atoms with E-state index >= 15 is 0 Å². The third kappa shape index (κ3) is 3.74. The molecule has 0 spiro atoms. The SMILES string of the molecule is CC(=O)C1CN(C)CCN(C)CCN1. The van der Waals surface area contributed by atoms with Crippen molar-refractivity contribution in [2.24, 2.45) is 0 Å². The number of carbonyl (C=O) groups is 1. The van der Waals surface area contributed by atoms with Gasteiger partial charge in [0.1, 0.15) is 5.78 Å². The fourth-order valence-electron chi connectivity index (χ4n) is 1.62. The van der Waals surface area contributed by atoms with Crippen LogP contribution in [-0.4, -0.2) is 68.4 Å². The van der Waals surface area contributed by atoms with Crippen molar-refractivity contribution < 1.29 is 4.79 Å². The van der Waals surface area contributed by atoms with Crippen molar-refractivity contribution >= 4 is 5.78 Å². The number of hydrogen-bond donors (Lipinski definition) is 1. The van der Waals surface area contributed by atoms with Crippen LogP contribution in [0.25, 0.3) is 0 Å². The Morgan fingerprint density at radius 1 is 1.21 bits per heavy atom. The van der Waals surface area contributed by atoms with E-state index in [4.69, 9.17) is 0 Å². The monoisotopic (exact) mass is 199 g/mol. The summed E-state index contributed by atoms with van der Waals surface area (Å²) in [5, 5.41) is 3.29. The lowest BCUT2D eigenvalue weighted by Gasteiger charge is -2.21. The molecule has 1 unspecified atom stereocenters. The highest BCUT2D eigenvalue weighted by Crippen LogP contribution is 1.95. The van der Waals surface area contributed by atoms with Gasteiger partial charge in [-0.3, -0.25) is 4.79 Å². The summed E-state index contributed by atoms with van der Waals surface area (Å²) in [6.45, 7) is 6.49. The van der Waals surface area contributed by atoms with Crippen LogP contribution in [0.3, 0.4) is 0 Å². The smallest absolute Gasteiger partial charge is 0.147 e. The molecule has 0 saturated carbocycles. The van der Waals surface area contributed by atoms with Gasteiger partial charge in [-0.1, -0.05) is 0 Å². The summed E-state index contributed by atoms with van der Waals surface area (Å²) in [7, 11) is 4.18. The van der Waals surface area contributed by atoms with Crippen molar-refractivity contribution in [3.05, 3.63) is 0 Å². The molecule has 0 aromatic heterocycles. The van der Waals surface area contributed by atoms with E-state index in [9.17, 15) is 4.79 Å². The van der Waals surface area contributed by atoms with Crippen LogP contribution >= 0.6 is 0 Å². The van der Waals surface area contributed by atoms with Crippen LogP contribution in [0.4, 0.5) is 0 Å². The quantitative estimate of drug-likeness (QED) is 0.612. The van der Waals surface area contributed by atoms with Crippen LogP contribution in [0.15, 0.2) is 0 Å². The Bertz CT molecular complexity index is 196. The molecule has 82 valence electrons. The zero-order valence-electron chi connectivity index (χ0n) is 9.42. The van der Waals surface area contributed by atoms with Gasteiger partial charge in [0.15, 0.2) is 0 Å². The first-order valence-electron chi connectivity index (χ1n) is 5.20. The Hall–Kier alpha value is -0.450. The van der Waals surface area contributed by atoms with Gasteiger partial charge < -0.3 is 15.1 Å². The Labute approximate surface area is 86.2 Å². The second-order valence-electron chi connectivity index (χ2n) is 4.18. The van der Waals surface area contributed by atoms with Crippen LogP contribution < -0.4 is 5.32 Å². The summed E-state index contributed by atoms with van der Waals surface area (Å²) in [5.74, 6) is 0.237. The third-order valence-electron chi connectivity index (χ3n) is 2.73. The van der Waals surface area contributed by atoms with E-state index in [0.29, 0.717) is 0 Å². The van der Waals surface area contributed by atoms with E-state index in [-0.39, 0.29) is 11.8 Å². The van der Waals surface area contributed by atoms with Gasteiger partial charge in [0.05, 0.1) is 6.04 Å². The maximum atomic E-state index is 11.3. The molecule has 1 N–H and O–H groups in total. The van der Waals surface area contributed by atoms with Gasteiger partial charge in [0, 0.05) is 32.7 Å². The highest BCUT2D eigenvalue weighted by Gasteiger charge is 2.17. The van der Waals surface area contributed by atoms with E-state index in [0.717, 1.165) is 32.7 Å². The maximum absolute atomic E-state index is 11.3. The first-order chi connectivity index (χ1) is 6.59. The van der Waals surface area contributed by atoms with Crippen LogP contribution in [-0.2, 0) is 4.79 Å². The first kappa shape index (κ1) is 11.6. The lowest BCUT2D eigenvalue weighted by atomic mass is 10.2. The molecular weight excluding hydrogens is 178 g/mol. The summed E-state index contributed by atoms with van der Waals surface area (Å²) in [5.41, 5.74) is 0. The summed E-state index contributed by atoms with van der Waals surface area (Å²) >= 11 is 0. The number of ketones is 1. The van der Waals surface area contributed by atoms with Crippen molar-refractivity contribution in [2.75, 3.05) is 46.8 Å². The number of Topliss-reactive ketones (excluding diaryl/α,β-unsaturated/α-hetero) is 1. The predicted octanol–water partition coefficient (Wildman–Crippen LogP) is -0.589. The molecule has 4 nitrogen and oxygen atoms in total. The second-order valence-corrected chi connectivity index (χ2v) is 4.18. The molecule has 1 fully saturated rings. The van der Waals surface area contributed by atoms with Crippen LogP contribution in [0, 0.1) is 0 Å². The summed E-state index contributed by atoms with van der Waals surface area (Å²) in [4.78, 5) is 15.8. The molecule has 14 heavy (non-hydrogen) atoms. The van der Waals surface area contributed by atoms with E-state index in [1.165, 1.54) is 0 Å². The molecule has 0 amide bonds. The van der Waals surface area contributed by atoms with Gasteiger partial charge >= 0.3 is 0 Å². The fraction of sp³-hybridized carbons (Fsp3) is 0.900. The van der Waals surface area contributed by atoms with Gasteiger partial charge in [-0.25, -0.2) is 0 Å². The molecule has 0 bridgehead atoms. The normalized spacial score (nSPS) is 27.8. The van der Waals surface area contributed by atoms with E-state index in [2.05, 4.69) is 29.2 Å².